The van der Waals surface area contributed by atoms with Gasteiger partial charge in [0.25, 0.3) is 5.91 Å². The second-order valence-electron chi connectivity index (χ2n) is 7.70. The van der Waals surface area contributed by atoms with Crippen molar-refractivity contribution < 1.29 is 19.1 Å². The first-order chi connectivity index (χ1) is 14.4. The number of benzene rings is 2. The van der Waals surface area contributed by atoms with Gasteiger partial charge in [0.15, 0.2) is 0 Å². The largest absolute Gasteiger partial charge is 0.446 e. The molecule has 0 aliphatic heterocycles. The van der Waals surface area contributed by atoms with Crippen LogP contribution in [0, 0.1) is 5.92 Å². The van der Waals surface area contributed by atoms with Gasteiger partial charge in [0.1, 0.15) is 6.04 Å². The molecule has 2 aromatic rings. The third kappa shape index (κ3) is 6.07. The van der Waals surface area contributed by atoms with E-state index in [2.05, 4.69) is 16.0 Å². The van der Waals surface area contributed by atoms with E-state index in [4.69, 9.17) is 4.74 Å². The first-order valence-corrected chi connectivity index (χ1v) is 10.1. The summed E-state index contributed by atoms with van der Waals surface area (Å²) in [4.78, 5) is 38.0. The number of urea groups is 1. The second kappa shape index (κ2) is 9.91. The van der Waals surface area contributed by atoms with Gasteiger partial charge in [-0.15, -0.1) is 0 Å². The quantitative estimate of drug-likeness (QED) is 0.582. The molecule has 2 aromatic carbocycles. The van der Waals surface area contributed by atoms with Crippen LogP contribution in [-0.2, 0) is 14.3 Å². The predicted molar refractivity (Wildman–Crippen MR) is 114 cm³/mol. The predicted octanol–water partition coefficient (Wildman–Crippen LogP) is 3.40. The van der Waals surface area contributed by atoms with Gasteiger partial charge in [0.05, 0.1) is 0 Å². The molecule has 1 aliphatic carbocycles. The Bertz CT molecular complexity index is 867. The fourth-order valence-corrected chi connectivity index (χ4v) is 2.92. The van der Waals surface area contributed by atoms with Crippen LogP contribution in [-0.4, -0.2) is 30.0 Å². The molecule has 0 saturated heterocycles. The van der Waals surface area contributed by atoms with Gasteiger partial charge in [-0.3, -0.25) is 4.79 Å². The average Bonchev–Trinajstić information content (AvgIpc) is 3.55. The van der Waals surface area contributed by atoms with Gasteiger partial charge in [-0.05, 0) is 30.9 Å². The maximum atomic E-state index is 12.9. The molecular weight excluding hydrogens is 382 g/mol. The van der Waals surface area contributed by atoms with Gasteiger partial charge in [-0.1, -0.05) is 62.4 Å². The standard InChI is InChI=1S/C23H27N3O4/c1-15(2)19(26-23(29)25-17-11-7-4-8-12-17)22(28)30-20(16-9-5-3-6-10-16)21(27)24-18-13-14-18/h3-12,15,18-20H,13-14H2,1-2H3,(H,24,27)(H2,25,26,29)/t19-,20-/m1/s1. The summed E-state index contributed by atoms with van der Waals surface area (Å²) in [6.07, 6.45) is 0.785. The number of amides is 3. The number of hydrogen-bond acceptors (Lipinski definition) is 4. The average molecular weight is 409 g/mol. The molecule has 1 saturated carbocycles. The van der Waals surface area contributed by atoms with Crippen molar-refractivity contribution in [3.63, 3.8) is 0 Å². The molecule has 1 aliphatic rings. The van der Waals surface area contributed by atoms with Gasteiger partial charge in [-0.25, -0.2) is 9.59 Å². The summed E-state index contributed by atoms with van der Waals surface area (Å²) in [6, 6.07) is 16.5. The van der Waals surface area contributed by atoms with E-state index in [-0.39, 0.29) is 17.9 Å². The van der Waals surface area contributed by atoms with Crippen LogP contribution in [0.15, 0.2) is 60.7 Å². The molecule has 7 heteroatoms. The van der Waals surface area contributed by atoms with E-state index < -0.39 is 24.1 Å². The van der Waals surface area contributed by atoms with Gasteiger partial charge in [-0.2, -0.15) is 0 Å². The number of esters is 1. The molecule has 0 unspecified atom stereocenters. The van der Waals surface area contributed by atoms with Crippen LogP contribution < -0.4 is 16.0 Å². The van der Waals surface area contributed by atoms with E-state index in [1.807, 2.05) is 12.1 Å². The summed E-state index contributed by atoms with van der Waals surface area (Å²) in [5.74, 6) is -1.25. The maximum Gasteiger partial charge on any atom is 0.330 e. The van der Waals surface area contributed by atoms with Crippen LogP contribution in [0.3, 0.4) is 0 Å². The smallest absolute Gasteiger partial charge is 0.330 e. The second-order valence-corrected chi connectivity index (χ2v) is 7.70. The Hall–Kier alpha value is -3.35. The lowest BCUT2D eigenvalue weighted by Gasteiger charge is -2.24. The highest BCUT2D eigenvalue weighted by molar-refractivity contribution is 5.93. The highest BCUT2D eigenvalue weighted by atomic mass is 16.5. The van der Waals surface area contributed by atoms with Crippen LogP contribution in [0.1, 0.15) is 38.4 Å². The first kappa shape index (κ1) is 21.4. The first-order valence-electron chi connectivity index (χ1n) is 10.1. The molecule has 3 N–H and O–H groups in total. The van der Waals surface area contributed by atoms with E-state index >= 15 is 0 Å². The molecule has 1 fully saturated rings. The number of ether oxygens (including phenoxy) is 1. The highest BCUT2D eigenvalue weighted by Gasteiger charge is 2.34. The summed E-state index contributed by atoms with van der Waals surface area (Å²) >= 11 is 0. The van der Waals surface area contributed by atoms with Crippen molar-refractivity contribution in [3.8, 4) is 0 Å². The number of rotatable bonds is 8. The van der Waals surface area contributed by atoms with Crippen LogP contribution in [0.5, 0.6) is 0 Å². The van der Waals surface area contributed by atoms with Gasteiger partial charge >= 0.3 is 12.0 Å². The summed E-state index contributed by atoms with van der Waals surface area (Å²) in [5.41, 5.74) is 1.19. The van der Waals surface area contributed by atoms with E-state index in [1.54, 1.807) is 62.4 Å². The molecule has 3 amide bonds. The fraction of sp³-hybridized carbons (Fsp3) is 0.348. The summed E-state index contributed by atoms with van der Waals surface area (Å²) < 4.78 is 5.61. The van der Waals surface area contributed by atoms with Gasteiger partial charge in [0.2, 0.25) is 6.10 Å². The van der Waals surface area contributed by atoms with Crippen molar-refractivity contribution in [2.24, 2.45) is 5.92 Å². The Balaban J connectivity index is 1.69. The summed E-state index contributed by atoms with van der Waals surface area (Å²) in [5, 5.41) is 8.23. The summed E-state index contributed by atoms with van der Waals surface area (Å²) in [7, 11) is 0. The zero-order chi connectivity index (χ0) is 21.5. The van der Waals surface area contributed by atoms with E-state index in [9.17, 15) is 14.4 Å². The Morgan fingerprint density at radius 3 is 2.10 bits per heavy atom. The van der Waals surface area contributed by atoms with Crippen LogP contribution in [0.4, 0.5) is 10.5 Å². The van der Waals surface area contributed by atoms with E-state index in [0.29, 0.717) is 11.3 Å². The number of carbonyl (C=O) groups is 3. The minimum atomic E-state index is -1.07. The minimum Gasteiger partial charge on any atom is -0.446 e. The number of anilines is 1. The maximum absolute atomic E-state index is 12.9. The topological polar surface area (TPSA) is 96.5 Å². The monoisotopic (exact) mass is 409 g/mol. The Morgan fingerprint density at radius 1 is 0.933 bits per heavy atom. The molecule has 0 radical (unpaired) electrons. The number of nitrogens with one attached hydrogen (secondary N) is 3. The zero-order valence-electron chi connectivity index (χ0n) is 17.1. The SMILES string of the molecule is CC(C)[C@@H](NC(=O)Nc1ccccc1)C(=O)O[C@@H](C(=O)NC1CC1)c1ccccc1. The molecule has 2 atom stereocenters. The minimum absolute atomic E-state index is 0.137. The molecule has 0 bridgehead atoms. The third-order valence-corrected chi connectivity index (χ3v) is 4.74. The van der Waals surface area contributed by atoms with Crippen molar-refractivity contribution >= 4 is 23.6 Å². The van der Waals surface area contributed by atoms with Gasteiger partial charge < -0.3 is 20.7 Å². The molecule has 0 heterocycles. The van der Waals surface area contributed by atoms with Crippen LogP contribution in [0.2, 0.25) is 0 Å². The zero-order valence-corrected chi connectivity index (χ0v) is 17.1. The molecule has 3 rings (SSSR count). The molecule has 0 spiro atoms. The normalized spacial score (nSPS) is 15.0. The Morgan fingerprint density at radius 2 is 1.53 bits per heavy atom. The van der Waals surface area contributed by atoms with Crippen LogP contribution >= 0.6 is 0 Å². The number of para-hydroxylation sites is 1. The molecule has 30 heavy (non-hydrogen) atoms. The highest BCUT2D eigenvalue weighted by Crippen LogP contribution is 2.24. The third-order valence-electron chi connectivity index (χ3n) is 4.74. The summed E-state index contributed by atoms with van der Waals surface area (Å²) in [6.45, 7) is 3.60. The van der Waals surface area contributed by atoms with Crippen LogP contribution in [0.25, 0.3) is 0 Å². The lowest BCUT2D eigenvalue weighted by molar-refractivity contribution is -0.159. The Labute approximate surface area is 176 Å². The number of hydrogen-bond donors (Lipinski definition) is 3. The molecule has 0 aromatic heterocycles. The lowest BCUT2D eigenvalue weighted by atomic mass is 10.0. The molecular formula is C23H27N3O4. The van der Waals surface area contributed by atoms with Crippen molar-refractivity contribution in [1.29, 1.82) is 0 Å². The lowest BCUT2D eigenvalue weighted by Crippen LogP contribution is -2.48. The van der Waals surface area contributed by atoms with Crippen molar-refractivity contribution in [2.75, 3.05) is 5.32 Å². The van der Waals surface area contributed by atoms with E-state index in [0.717, 1.165) is 12.8 Å². The van der Waals surface area contributed by atoms with Crippen molar-refractivity contribution in [2.45, 2.75) is 44.9 Å². The molecule has 158 valence electrons. The van der Waals surface area contributed by atoms with Crippen molar-refractivity contribution in [1.82, 2.24) is 10.6 Å². The van der Waals surface area contributed by atoms with Crippen molar-refractivity contribution in [3.05, 3.63) is 66.2 Å². The Kier molecular flexibility index (Phi) is 7.06. The number of carbonyl (C=O) groups excluding carboxylic acids is 3. The molecule has 7 nitrogen and oxygen atoms in total. The van der Waals surface area contributed by atoms with E-state index in [1.165, 1.54) is 0 Å². The van der Waals surface area contributed by atoms with Gasteiger partial charge in [0, 0.05) is 17.3 Å². The fourth-order valence-electron chi connectivity index (χ4n) is 2.92.